The number of nitrogens with two attached hydrogens (primary N) is 1. The Labute approximate surface area is 330 Å². The Morgan fingerprint density at radius 1 is 0.696 bits per heavy atom. The fourth-order valence-electron chi connectivity index (χ4n) is 5.40. The molecule has 0 saturated heterocycles. The molecule has 0 heterocycles. The smallest absolute Gasteiger partial charge is 0.161 e. The van der Waals surface area contributed by atoms with Gasteiger partial charge in [0.05, 0.1) is 91.3 Å². The number of aliphatic imine (C=N–C) groups is 3. The molecule has 6 N–H and O–H groups in total. The predicted molar refractivity (Wildman–Crippen MR) is 218 cm³/mol. The van der Waals surface area contributed by atoms with E-state index in [0.717, 1.165) is 11.1 Å². The summed E-state index contributed by atoms with van der Waals surface area (Å²) >= 11 is 0. The molecule has 14 heteroatoms. The summed E-state index contributed by atoms with van der Waals surface area (Å²) in [6.45, 7) is 12.0. The highest BCUT2D eigenvalue weighted by Gasteiger charge is 2.31. The summed E-state index contributed by atoms with van der Waals surface area (Å²) < 4.78 is 35.1. The molecule has 0 fully saturated rings. The minimum atomic E-state index is -0.488. The largest absolute Gasteiger partial charge is 0.508 e. The minimum absolute atomic E-state index is 0.00621. The maximum atomic E-state index is 9.90. The van der Waals surface area contributed by atoms with Crippen LogP contribution in [0, 0.1) is 5.41 Å². The van der Waals surface area contributed by atoms with Gasteiger partial charge < -0.3 is 54.6 Å². The number of phenolic OH excluding ortho intramolecular Hbond substituents is 2. The number of phenols is 3. The van der Waals surface area contributed by atoms with E-state index in [9.17, 15) is 20.4 Å². The maximum absolute atomic E-state index is 9.90. The zero-order chi connectivity index (χ0) is 41.1. The summed E-state index contributed by atoms with van der Waals surface area (Å²) in [5.74, 6) is 1.16. The summed E-state index contributed by atoms with van der Waals surface area (Å²) in [4.78, 5) is 13.7. The van der Waals surface area contributed by atoms with Crippen LogP contribution in [0.4, 0.5) is 0 Å². The van der Waals surface area contributed by atoms with Gasteiger partial charge in [-0.3, -0.25) is 15.0 Å². The zero-order valence-corrected chi connectivity index (χ0v) is 33.7. The van der Waals surface area contributed by atoms with Crippen molar-refractivity contribution in [3.8, 4) is 28.7 Å². The highest BCUT2D eigenvalue weighted by Crippen LogP contribution is 2.28. The van der Waals surface area contributed by atoms with Gasteiger partial charge in [-0.15, -0.1) is 0 Å². The first-order chi connectivity index (χ1) is 26.8. The van der Waals surface area contributed by atoms with Gasteiger partial charge in [-0.25, -0.2) is 0 Å². The third-order valence-corrected chi connectivity index (χ3v) is 8.94. The zero-order valence-electron chi connectivity index (χ0n) is 33.7. The molecular formula is C42H60N4O10. The van der Waals surface area contributed by atoms with E-state index in [1.807, 2.05) is 27.7 Å². The molecule has 3 aromatic carbocycles. The van der Waals surface area contributed by atoms with Gasteiger partial charge in [0, 0.05) is 29.0 Å². The molecule has 308 valence electrons. The quantitative estimate of drug-likeness (QED) is 0.0554. The van der Waals surface area contributed by atoms with Gasteiger partial charge in [0.15, 0.2) is 23.0 Å². The number of nitrogens with zero attached hydrogens (tertiary/aromatic N) is 3. The Balaban J connectivity index is 1.59. The molecular weight excluding hydrogens is 720 g/mol. The second kappa shape index (κ2) is 23.4. The fourth-order valence-corrected chi connectivity index (χ4v) is 5.40. The van der Waals surface area contributed by atoms with Gasteiger partial charge in [-0.1, -0.05) is 6.92 Å². The minimum Gasteiger partial charge on any atom is -0.508 e. The normalized spacial score (nSPS) is 15.5. The second-order valence-electron chi connectivity index (χ2n) is 14.0. The average Bonchev–Trinajstić information content (AvgIpc) is 3.19. The van der Waals surface area contributed by atoms with E-state index in [0.29, 0.717) is 75.3 Å². The Kier molecular flexibility index (Phi) is 19.0. The molecule has 0 aliphatic rings. The number of hydrogen-bond donors (Lipinski definition) is 5. The van der Waals surface area contributed by atoms with Crippen LogP contribution >= 0.6 is 0 Å². The third-order valence-electron chi connectivity index (χ3n) is 8.94. The number of aromatic hydroxyl groups is 3. The molecule has 0 aliphatic heterocycles. The molecule has 0 saturated carbocycles. The maximum Gasteiger partial charge on any atom is 0.161 e. The van der Waals surface area contributed by atoms with Crippen LogP contribution in [0.25, 0.3) is 0 Å². The van der Waals surface area contributed by atoms with Gasteiger partial charge in [0.25, 0.3) is 0 Å². The highest BCUT2D eigenvalue weighted by atomic mass is 16.5. The number of aliphatic hydroxyl groups is 1. The average molecular weight is 781 g/mol. The third kappa shape index (κ3) is 15.1. The number of rotatable bonds is 25. The lowest BCUT2D eigenvalue weighted by Gasteiger charge is -2.33. The second-order valence-corrected chi connectivity index (χ2v) is 14.0. The van der Waals surface area contributed by atoms with E-state index in [1.165, 1.54) is 20.3 Å². The summed E-state index contributed by atoms with van der Waals surface area (Å²) in [6.07, 6.45) is 3.96. The molecule has 0 aliphatic carbocycles. The predicted octanol–water partition coefficient (Wildman–Crippen LogP) is 5.27. The van der Waals surface area contributed by atoms with E-state index < -0.39 is 5.41 Å². The van der Waals surface area contributed by atoms with E-state index in [-0.39, 0.29) is 53.9 Å². The number of hydrogen-bond acceptors (Lipinski definition) is 13. The Morgan fingerprint density at radius 2 is 1.20 bits per heavy atom. The Hall–Kier alpha value is -4.73. The molecule has 3 rings (SSSR count). The first-order valence-corrected chi connectivity index (χ1v) is 18.7. The van der Waals surface area contributed by atoms with Gasteiger partial charge in [-0.05, 0) is 99.8 Å². The lowest BCUT2D eigenvalue weighted by molar-refractivity contribution is -0.0906. The van der Waals surface area contributed by atoms with Gasteiger partial charge in [0.1, 0.15) is 11.6 Å². The van der Waals surface area contributed by atoms with Crippen molar-refractivity contribution in [3.63, 3.8) is 0 Å². The summed E-state index contributed by atoms with van der Waals surface area (Å²) in [6, 6.07) is 14.3. The summed E-state index contributed by atoms with van der Waals surface area (Å²) in [7, 11) is 3.00. The van der Waals surface area contributed by atoms with Crippen molar-refractivity contribution >= 4 is 18.3 Å². The first kappa shape index (κ1) is 45.7. The molecule has 0 aromatic heterocycles. The van der Waals surface area contributed by atoms with E-state index >= 15 is 0 Å². The molecule has 0 spiro atoms. The summed E-state index contributed by atoms with van der Waals surface area (Å²) in [5, 5.41) is 39.1. The van der Waals surface area contributed by atoms with Gasteiger partial charge in [-0.2, -0.15) is 0 Å². The van der Waals surface area contributed by atoms with Crippen molar-refractivity contribution in [1.29, 1.82) is 0 Å². The van der Waals surface area contributed by atoms with Crippen LogP contribution in [0.5, 0.6) is 28.7 Å². The van der Waals surface area contributed by atoms with Crippen molar-refractivity contribution < 1.29 is 48.8 Å². The first-order valence-electron chi connectivity index (χ1n) is 18.7. The topological polar surface area (TPSA) is 199 Å². The molecule has 0 amide bonds. The standard InChI is InChI=1S/C42H60N4O10/c1-8-42(25-53-21-28(2)44-18-32-9-12-37(49)39(15-32)51-6,26-54-22-30(4)46-41(43)34-11-14-36(48)35(17-34)20-47)27-55-24-31(5)56-23-29(3)45-19-33-10-13-38(50)40(16-33)52-7/h9-19,28-31,47-50H,8,20-27H2,1-7H3,(H2,43,46). The Morgan fingerprint density at radius 3 is 1.71 bits per heavy atom. The van der Waals surface area contributed by atoms with E-state index in [2.05, 4.69) is 21.9 Å². The van der Waals surface area contributed by atoms with Crippen LogP contribution in [-0.4, -0.2) is 123 Å². The van der Waals surface area contributed by atoms with E-state index in [1.54, 1.807) is 61.0 Å². The lowest BCUT2D eigenvalue weighted by Crippen LogP contribution is -2.39. The number of ether oxygens (including phenoxy) is 6. The number of methoxy groups -OCH3 is 2. The van der Waals surface area contributed by atoms with Crippen LogP contribution in [0.15, 0.2) is 69.6 Å². The monoisotopic (exact) mass is 780 g/mol. The van der Waals surface area contributed by atoms with Crippen LogP contribution in [0.3, 0.4) is 0 Å². The summed E-state index contributed by atoms with van der Waals surface area (Å²) in [5.41, 5.74) is 8.34. The fraction of sp³-hybridized carbons (Fsp3) is 0.500. The molecule has 14 nitrogen and oxygen atoms in total. The number of benzene rings is 3. The molecule has 3 aromatic rings. The molecule has 0 bridgehead atoms. The van der Waals surface area contributed by atoms with Crippen LogP contribution in [-0.2, 0) is 25.6 Å². The molecule has 5 unspecified atom stereocenters. The highest BCUT2D eigenvalue weighted by molar-refractivity contribution is 5.97. The molecule has 0 radical (unpaired) electrons. The van der Waals surface area contributed by atoms with Crippen molar-refractivity contribution in [2.45, 2.75) is 71.9 Å². The molecule has 56 heavy (non-hydrogen) atoms. The van der Waals surface area contributed by atoms with Crippen LogP contribution in [0.1, 0.15) is 63.3 Å². The van der Waals surface area contributed by atoms with Crippen molar-refractivity contribution in [3.05, 3.63) is 76.9 Å². The molecule has 5 atom stereocenters. The SMILES string of the molecule is CCC(COCC(C)N=Cc1ccc(O)c(OC)c1)(COCC(C)N=C(N)c1ccc(O)c(CO)c1)COCC(C)OCC(C)N=Cc1ccc(O)c(OC)c1. The van der Waals surface area contributed by atoms with Gasteiger partial charge in [0.2, 0.25) is 0 Å². The number of amidine groups is 1. The van der Waals surface area contributed by atoms with Crippen molar-refractivity contribution in [2.24, 2.45) is 26.1 Å². The van der Waals surface area contributed by atoms with Crippen molar-refractivity contribution in [2.75, 3.05) is 60.5 Å². The Bertz CT molecular complexity index is 1740. The van der Waals surface area contributed by atoms with Crippen LogP contribution < -0.4 is 15.2 Å². The lowest BCUT2D eigenvalue weighted by atomic mass is 9.88. The van der Waals surface area contributed by atoms with Crippen LogP contribution in [0.2, 0.25) is 0 Å². The van der Waals surface area contributed by atoms with Crippen molar-refractivity contribution in [1.82, 2.24) is 0 Å². The van der Waals surface area contributed by atoms with Gasteiger partial charge >= 0.3 is 0 Å². The van der Waals surface area contributed by atoms with E-state index in [4.69, 9.17) is 34.2 Å². The number of aliphatic hydroxyl groups excluding tert-OH is 1.